The summed E-state index contributed by atoms with van der Waals surface area (Å²) < 4.78 is 11.3. The third-order valence-electron chi connectivity index (χ3n) is 3.04. The van der Waals surface area contributed by atoms with Gasteiger partial charge in [-0.25, -0.2) is 0 Å². The summed E-state index contributed by atoms with van der Waals surface area (Å²) >= 11 is 0. The Morgan fingerprint density at radius 2 is 2.12 bits per heavy atom. The number of hydrogen-bond donors (Lipinski definition) is 1. The second kappa shape index (κ2) is 5.33. The highest BCUT2D eigenvalue weighted by molar-refractivity contribution is 7.85. The van der Waals surface area contributed by atoms with Crippen molar-refractivity contribution in [1.82, 2.24) is 0 Å². The number of nitrogens with one attached hydrogen (secondary N) is 1. The maximum absolute atomic E-state index is 11.3. The van der Waals surface area contributed by atoms with Crippen LogP contribution in [-0.2, 0) is 10.8 Å². The Hall–Kier alpha value is -1.34. The van der Waals surface area contributed by atoms with Gasteiger partial charge in [-0.15, -0.1) is 0 Å². The Morgan fingerprint density at radius 1 is 1.41 bits per heavy atom. The van der Waals surface area contributed by atoms with E-state index in [4.69, 9.17) is 5.26 Å². The Morgan fingerprint density at radius 3 is 2.76 bits per heavy atom. The zero-order chi connectivity index (χ0) is 12.3. The van der Waals surface area contributed by atoms with Crippen LogP contribution in [0.5, 0.6) is 0 Å². The van der Waals surface area contributed by atoms with Crippen molar-refractivity contribution in [2.75, 3.05) is 16.8 Å². The molecule has 1 N–H and O–H groups in total. The van der Waals surface area contributed by atoms with Crippen LogP contribution in [0.4, 0.5) is 5.69 Å². The largest absolute Gasteiger partial charge is 0.381 e. The topological polar surface area (TPSA) is 52.9 Å². The van der Waals surface area contributed by atoms with Crippen LogP contribution < -0.4 is 5.32 Å². The number of hydrogen-bond acceptors (Lipinski definition) is 3. The van der Waals surface area contributed by atoms with Crippen molar-refractivity contribution < 1.29 is 4.21 Å². The molecule has 1 saturated heterocycles. The van der Waals surface area contributed by atoms with E-state index in [0.29, 0.717) is 11.6 Å². The molecule has 1 aromatic rings. The highest BCUT2D eigenvalue weighted by Gasteiger charge is 2.18. The van der Waals surface area contributed by atoms with Crippen molar-refractivity contribution in [2.45, 2.75) is 25.8 Å². The number of benzene rings is 1. The molecule has 3 nitrogen and oxygen atoms in total. The molecule has 1 heterocycles. The van der Waals surface area contributed by atoms with E-state index in [1.165, 1.54) is 0 Å². The molecule has 0 radical (unpaired) electrons. The summed E-state index contributed by atoms with van der Waals surface area (Å²) in [6, 6.07) is 8.42. The smallest absolute Gasteiger partial charge is 0.101 e. The number of aryl methyl sites for hydroxylation is 1. The van der Waals surface area contributed by atoms with E-state index in [0.717, 1.165) is 35.6 Å². The van der Waals surface area contributed by atoms with Gasteiger partial charge in [0.2, 0.25) is 0 Å². The van der Waals surface area contributed by atoms with Gasteiger partial charge >= 0.3 is 0 Å². The first-order valence-electron chi connectivity index (χ1n) is 5.81. The predicted octanol–water partition coefficient (Wildman–Crippen LogP) is 2.19. The second-order valence-corrected chi connectivity index (χ2v) is 6.12. The molecule has 1 aromatic carbocycles. The number of rotatable bonds is 2. The van der Waals surface area contributed by atoms with E-state index in [1.807, 2.05) is 25.1 Å². The molecule has 2 rings (SSSR count). The summed E-state index contributed by atoms with van der Waals surface area (Å²) in [5.74, 6) is 1.54. The summed E-state index contributed by atoms with van der Waals surface area (Å²) in [5, 5.41) is 12.5. The first kappa shape index (κ1) is 12.1. The maximum Gasteiger partial charge on any atom is 0.101 e. The zero-order valence-electron chi connectivity index (χ0n) is 9.90. The predicted molar refractivity (Wildman–Crippen MR) is 70.4 cm³/mol. The SMILES string of the molecule is Cc1ccc(NC2CCS(=O)CC2)c(C#N)c1. The van der Waals surface area contributed by atoms with Gasteiger partial charge in [0.25, 0.3) is 0 Å². The molecular weight excluding hydrogens is 232 g/mol. The van der Waals surface area contributed by atoms with Crippen LogP contribution >= 0.6 is 0 Å². The van der Waals surface area contributed by atoms with Crippen molar-refractivity contribution in [3.05, 3.63) is 29.3 Å². The molecule has 4 heteroatoms. The summed E-state index contributed by atoms with van der Waals surface area (Å²) in [4.78, 5) is 0. The second-order valence-electron chi connectivity index (χ2n) is 4.43. The minimum atomic E-state index is -0.635. The fourth-order valence-electron chi connectivity index (χ4n) is 2.03. The molecule has 0 bridgehead atoms. The first-order chi connectivity index (χ1) is 8.19. The van der Waals surface area contributed by atoms with Crippen molar-refractivity contribution >= 4 is 16.5 Å². The summed E-state index contributed by atoms with van der Waals surface area (Å²) in [6.07, 6.45) is 1.84. The van der Waals surface area contributed by atoms with Gasteiger partial charge in [0.1, 0.15) is 6.07 Å². The first-order valence-corrected chi connectivity index (χ1v) is 7.30. The molecule has 0 aliphatic carbocycles. The molecule has 0 spiro atoms. The van der Waals surface area contributed by atoms with Crippen LogP contribution in [0.3, 0.4) is 0 Å². The third kappa shape index (κ3) is 3.07. The summed E-state index contributed by atoms with van der Waals surface area (Å²) in [7, 11) is -0.635. The maximum atomic E-state index is 11.3. The van der Waals surface area contributed by atoms with Gasteiger partial charge < -0.3 is 5.32 Å². The Kier molecular flexibility index (Phi) is 3.80. The highest BCUT2D eigenvalue weighted by atomic mass is 32.2. The molecule has 0 atom stereocenters. The minimum absolute atomic E-state index is 0.350. The molecule has 0 saturated carbocycles. The van der Waals surface area contributed by atoms with Crippen molar-refractivity contribution in [1.29, 1.82) is 5.26 Å². The Labute approximate surface area is 104 Å². The van der Waals surface area contributed by atoms with E-state index in [2.05, 4.69) is 11.4 Å². The van der Waals surface area contributed by atoms with Gasteiger partial charge in [-0.1, -0.05) is 6.07 Å². The molecule has 0 aromatic heterocycles. The van der Waals surface area contributed by atoms with E-state index in [-0.39, 0.29) is 0 Å². The molecule has 17 heavy (non-hydrogen) atoms. The van der Waals surface area contributed by atoms with Gasteiger partial charge in [-0.3, -0.25) is 4.21 Å². The van der Waals surface area contributed by atoms with Crippen molar-refractivity contribution in [3.8, 4) is 6.07 Å². The van der Waals surface area contributed by atoms with Crippen LogP contribution in [0.15, 0.2) is 18.2 Å². The monoisotopic (exact) mass is 248 g/mol. The lowest BCUT2D eigenvalue weighted by atomic mass is 10.1. The van der Waals surface area contributed by atoms with E-state index in [1.54, 1.807) is 0 Å². The van der Waals surface area contributed by atoms with Crippen LogP contribution in [0, 0.1) is 18.3 Å². The lowest BCUT2D eigenvalue weighted by Gasteiger charge is -2.24. The molecule has 90 valence electrons. The van der Waals surface area contributed by atoms with Gasteiger partial charge in [0.15, 0.2) is 0 Å². The van der Waals surface area contributed by atoms with Crippen LogP contribution in [0.25, 0.3) is 0 Å². The van der Waals surface area contributed by atoms with Crippen LogP contribution in [-0.4, -0.2) is 21.8 Å². The lowest BCUT2D eigenvalue weighted by molar-refractivity contribution is 0.624. The van der Waals surface area contributed by atoms with Gasteiger partial charge in [0, 0.05) is 28.3 Å². The fourth-order valence-corrected chi connectivity index (χ4v) is 3.33. The molecule has 1 aliphatic heterocycles. The molecule has 0 unspecified atom stereocenters. The quantitative estimate of drug-likeness (QED) is 0.873. The molecule has 0 amide bonds. The fraction of sp³-hybridized carbons (Fsp3) is 0.462. The third-order valence-corrected chi connectivity index (χ3v) is 4.43. The number of nitriles is 1. The Bertz CT molecular complexity index is 469. The normalized spacial score (nSPS) is 24.0. The number of anilines is 1. The minimum Gasteiger partial charge on any atom is -0.381 e. The summed E-state index contributed by atoms with van der Waals surface area (Å²) in [5.41, 5.74) is 2.68. The van der Waals surface area contributed by atoms with E-state index >= 15 is 0 Å². The zero-order valence-corrected chi connectivity index (χ0v) is 10.7. The van der Waals surface area contributed by atoms with Crippen LogP contribution in [0.2, 0.25) is 0 Å². The molecular formula is C13H16N2OS. The average Bonchev–Trinajstić information content (AvgIpc) is 2.34. The van der Waals surface area contributed by atoms with E-state index in [9.17, 15) is 4.21 Å². The molecule has 1 aliphatic rings. The number of nitrogens with zero attached hydrogens (tertiary/aromatic N) is 1. The van der Waals surface area contributed by atoms with Gasteiger partial charge in [-0.05, 0) is 37.5 Å². The van der Waals surface area contributed by atoms with Gasteiger partial charge in [0.05, 0.1) is 11.3 Å². The van der Waals surface area contributed by atoms with Crippen molar-refractivity contribution in [3.63, 3.8) is 0 Å². The summed E-state index contributed by atoms with van der Waals surface area (Å²) in [6.45, 7) is 1.98. The standard InChI is InChI=1S/C13H16N2OS/c1-10-2-3-13(11(8-10)9-14)15-12-4-6-17(16)7-5-12/h2-3,8,12,15H,4-7H2,1H3. The molecule has 1 fully saturated rings. The van der Waals surface area contributed by atoms with Gasteiger partial charge in [-0.2, -0.15) is 5.26 Å². The van der Waals surface area contributed by atoms with Crippen molar-refractivity contribution in [2.24, 2.45) is 0 Å². The van der Waals surface area contributed by atoms with Crippen LogP contribution in [0.1, 0.15) is 24.0 Å². The lowest BCUT2D eigenvalue weighted by Crippen LogP contribution is -2.29. The Balaban J connectivity index is 2.08. The average molecular weight is 248 g/mol. The highest BCUT2D eigenvalue weighted by Crippen LogP contribution is 2.20. The van der Waals surface area contributed by atoms with E-state index < -0.39 is 10.8 Å².